The fourth-order valence-electron chi connectivity index (χ4n) is 2.77. The highest BCUT2D eigenvalue weighted by atomic mass is 79.9. The highest BCUT2D eigenvalue weighted by Crippen LogP contribution is 2.27. The Labute approximate surface area is 195 Å². The van der Waals surface area contributed by atoms with Gasteiger partial charge in [0.25, 0.3) is 5.91 Å². The molecule has 8 heteroatoms. The van der Waals surface area contributed by atoms with E-state index in [1.54, 1.807) is 37.3 Å². The number of ether oxygens (including phenoxy) is 1. The maximum atomic E-state index is 13.0. The monoisotopic (exact) mass is 514 g/mol. The fraction of sp³-hybridized carbons (Fsp3) is 0.364. The number of carbonyl (C=O) groups excluding carboxylic acids is 2. The Balaban J connectivity index is 2.13. The number of unbranched alkanes of at least 4 members (excludes halogenated alkanes) is 1. The summed E-state index contributed by atoms with van der Waals surface area (Å²) in [4.78, 5) is 27.1. The topological polar surface area (TPSA) is 58.6 Å². The van der Waals surface area contributed by atoms with Crippen LogP contribution >= 0.6 is 39.1 Å². The van der Waals surface area contributed by atoms with Crippen LogP contribution in [0.15, 0.2) is 46.9 Å². The van der Waals surface area contributed by atoms with Gasteiger partial charge in [-0.3, -0.25) is 9.59 Å². The van der Waals surface area contributed by atoms with Crippen LogP contribution < -0.4 is 10.1 Å². The van der Waals surface area contributed by atoms with Crippen LogP contribution in [0.25, 0.3) is 0 Å². The molecule has 0 fully saturated rings. The third-order valence-corrected chi connectivity index (χ3v) is 5.51. The van der Waals surface area contributed by atoms with E-state index in [1.807, 2.05) is 12.1 Å². The largest absolute Gasteiger partial charge is 0.482 e. The number of carbonyl (C=O) groups is 2. The average molecular weight is 516 g/mol. The first kappa shape index (κ1) is 24.5. The minimum Gasteiger partial charge on any atom is -0.482 e. The summed E-state index contributed by atoms with van der Waals surface area (Å²) in [7, 11) is 0. The molecule has 0 saturated carbocycles. The van der Waals surface area contributed by atoms with Gasteiger partial charge in [-0.15, -0.1) is 0 Å². The first-order chi connectivity index (χ1) is 14.3. The molecule has 0 aliphatic heterocycles. The molecule has 1 atom stereocenters. The zero-order valence-corrected chi connectivity index (χ0v) is 20.1. The molecule has 0 bridgehead atoms. The van der Waals surface area contributed by atoms with Crippen molar-refractivity contribution in [3.63, 3.8) is 0 Å². The molecule has 0 unspecified atom stereocenters. The van der Waals surface area contributed by atoms with Crippen LogP contribution in [0.3, 0.4) is 0 Å². The highest BCUT2D eigenvalue weighted by molar-refractivity contribution is 9.10. The Morgan fingerprint density at radius 2 is 1.97 bits per heavy atom. The van der Waals surface area contributed by atoms with E-state index in [2.05, 4.69) is 28.2 Å². The van der Waals surface area contributed by atoms with Gasteiger partial charge >= 0.3 is 0 Å². The van der Waals surface area contributed by atoms with Gasteiger partial charge in [-0.25, -0.2) is 0 Å². The first-order valence-corrected chi connectivity index (χ1v) is 11.3. The minimum atomic E-state index is -0.669. The first-order valence-electron chi connectivity index (χ1n) is 9.71. The molecule has 0 aromatic heterocycles. The molecule has 2 rings (SSSR count). The number of benzene rings is 2. The lowest BCUT2D eigenvalue weighted by Crippen LogP contribution is -2.49. The lowest BCUT2D eigenvalue weighted by atomic mass is 10.1. The molecule has 0 spiro atoms. The molecule has 2 amide bonds. The number of rotatable bonds is 10. The van der Waals surface area contributed by atoms with Gasteiger partial charge in [0, 0.05) is 22.6 Å². The van der Waals surface area contributed by atoms with Crippen LogP contribution in [-0.4, -0.2) is 35.9 Å². The Hall–Kier alpha value is -1.76. The molecule has 0 radical (unpaired) electrons. The summed E-state index contributed by atoms with van der Waals surface area (Å²) in [6.45, 7) is 4.32. The molecule has 2 aromatic rings. The smallest absolute Gasteiger partial charge is 0.261 e. The van der Waals surface area contributed by atoms with Gasteiger partial charge in [-0.2, -0.15) is 0 Å². The predicted octanol–water partition coefficient (Wildman–Crippen LogP) is 5.47. The molecular formula is C22H25BrCl2N2O3. The molecule has 0 saturated heterocycles. The minimum absolute atomic E-state index is 0.208. The summed E-state index contributed by atoms with van der Waals surface area (Å²) in [5.74, 6) is -0.136. The van der Waals surface area contributed by atoms with Crippen molar-refractivity contribution in [1.82, 2.24) is 10.2 Å². The van der Waals surface area contributed by atoms with E-state index in [-0.39, 0.29) is 25.0 Å². The van der Waals surface area contributed by atoms with Gasteiger partial charge in [0.15, 0.2) is 6.61 Å². The summed E-state index contributed by atoms with van der Waals surface area (Å²) in [5.41, 5.74) is 0.825. The lowest BCUT2D eigenvalue weighted by Gasteiger charge is -2.29. The van der Waals surface area contributed by atoms with E-state index < -0.39 is 6.04 Å². The van der Waals surface area contributed by atoms with Gasteiger partial charge < -0.3 is 15.0 Å². The molecule has 0 aliphatic carbocycles. The van der Waals surface area contributed by atoms with Crippen LogP contribution in [0.1, 0.15) is 32.3 Å². The highest BCUT2D eigenvalue weighted by Gasteiger charge is 2.26. The van der Waals surface area contributed by atoms with Crippen molar-refractivity contribution in [1.29, 1.82) is 0 Å². The molecule has 2 aromatic carbocycles. The molecule has 0 aliphatic rings. The average Bonchev–Trinajstić information content (AvgIpc) is 2.71. The Kier molecular flexibility index (Phi) is 9.95. The summed E-state index contributed by atoms with van der Waals surface area (Å²) in [6, 6.07) is 11.7. The number of amides is 2. The van der Waals surface area contributed by atoms with Crippen molar-refractivity contribution in [3.8, 4) is 5.75 Å². The fourth-order valence-corrected chi connectivity index (χ4v) is 3.71. The van der Waals surface area contributed by atoms with Crippen molar-refractivity contribution in [2.75, 3.05) is 13.2 Å². The van der Waals surface area contributed by atoms with Gasteiger partial charge in [0.05, 0.1) is 5.02 Å². The number of hydrogen-bond donors (Lipinski definition) is 1. The van der Waals surface area contributed by atoms with Gasteiger partial charge in [0.1, 0.15) is 11.8 Å². The quantitative estimate of drug-likeness (QED) is 0.427. The molecule has 162 valence electrons. The zero-order chi connectivity index (χ0) is 22.1. The van der Waals surface area contributed by atoms with Gasteiger partial charge in [-0.1, -0.05) is 64.6 Å². The van der Waals surface area contributed by atoms with Crippen LogP contribution in [0.5, 0.6) is 5.75 Å². The van der Waals surface area contributed by atoms with Crippen molar-refractivity contribution in [2.45, 2.75) is 39.3 Å². The maximum Gasteiger partial charge on any atom is 0.261 e. The van der Waals surface area contributed by atoms with Crippen LogP contribution in [0.2, 0.25) is 10.0 Å². The summed E-state index contributed by atoms with van der Waals surface area (Å²) >= 11 is 15.6. The number of halogens is 3. The number of nitrogens with zero attached hydrogens (tertiary/aromatic N) is 1. The molecule has 0 heterocycles. The number of hydrogen-bond acceptors (Lipinski definition) is 3. The number of nitrogens with one attached hydrogen (secondary N) is 1. The van der Waals surface area contributed by atoms with E-state index in [1.165, 1.54) is 4.90 Å². The van der Waals surface area contributed by atoms with Crippen molar-refractivity contribution < 1.29 is 14.3 Å². The third kappa shape index (κ3) is 7.49. The van der Waals surface area contributed by atoms with Gasteiger partial charge in [-0.05, 0) is 49.2 Å². The Morgan fingerprint density at radius 3 is 2.63 bits per heavy atom. The van der Waals surface area contributed by atoms with Crippen LogP contribution in [-0.2, 0) is 16.1 Å². The molecule has 1 N–H and O–H groups in total. The Bertz CT molecular complexity index is 879. The summed E-state index contributed by atoms with van der Waals surface area (Å²) in [5, 5.41) is 3.84. The van der Waals surface area contributed by atoms with E-state index in [4.69, 9.17) is 27.9 Å². The predicted molar refractivity (Wildman–Crippen MR) is 124 cm³/mol. The molecular weight excluding hydrogens is 491 g/mol. The second-order valence-corrected chi connectivity index (χ2v) is 8.59. The summed E-state index contributed by atoms with van der Waals surface area (Å²) < 4.78 is 6.43. The van der Waals surface area contributed by atoms with E-state index in [0.29, 0.717) is 22.3 Å². The summed E-state index contributed by atoms with van der Waals surface area (Å²) in [6.07, 6.45) is 1.85. The van der Waals surface area contributed by atoms with Crippen molar-refractivity contribution in [3.05, 3.63) is 62.5 Å². The van der Waals surface area contributed by atoms with E-state index in [0.717, 1.165) is 22.9 Å². The Morgan fingerprint density at radius 1 is 1.20 bits per heavy atom. The SMILES string of the molecule is CCCCNC(=O)[C@H](C)N(Cc1cccc(Cl)c1)C(=O)COc1ccc(Br)cc1Cl. The molecule has 5 nitrogen and oxygen atoms in total. The third-order valence-electron chi connectivity index (χ3n) is 4.48. The zero-order valence-electron chi connectivity index (χ0n) is 17.0. The standard InChI is InChI=1S/C22H25BrCl2N2O3/c1-3-4-10-26-22(29)15(2)27(13-16-6-5-7-18(24)11-16)21(28)14-30-20-9-8-17(23)12-19(20)25/h5-9,11-12,15H,3-4,10,13-14H2,1-2H3,(H,26,29)/t15-/m0/s1. The van der Waals surface area contributed by atoms with E-state index in [9.17, 15) is 9.59 Å². The van der Waals surface area contributed by atoms with Crippen molar-refractivity contribution in [2.24, 2.45) is 0 Å². The maximum absolute atomic E-state index is 13.0. The second kappa shape index (κ2) is 12.2. The van der Waals surface area contributed by atoms with Gasteiger partial charge in [0.2, 0.25) is 5.91 Å². The van der Waals surface area contributed by atoms with Crippen LogP contribution in [0.4, 0.5) is 0 Å². The second-order valence-electron chi connectivity index (χ2n) is 6.84. The normalized spacial score (nSPS) is 11.6. The lowest BCUT2D eigenvalue weighted by molar-refractivity contribution is -0.142. The molecule has 30 heavy (non-hydrogen) atoms. The van der Waals surface area contributed by atoms with Crippen molar-refractivity contribution >= 4 is 50.9 Å². The van der Waals surface area contributed by atoms with Crippen LogP contribution in [0, 0.1) is 0 Å². The van der Waals surface area contributed by atoms with E-state index >= 15 is 0 Å².